The van der Waals surface area contributed by atoms with Crippen LogP contribution < -0.4 is 11.1 Å². The molecule has 1 aromatic rings. The molecule has 0 atom stereocenters. The normalized spacial score (nSPS) is 15.1. The molecule has 0 bridgehead atoms. The zero-order valence-electron chi connectivity index (χ0n) is 12.3. The lowest BCUT2D eigenvalue weighted by molar-refractivity contribution is -0.133. The van der Waals surface area contributed by atoms with E-state index in [-0.39, 0.29) is 11.8 Å². The van der Waals surface area contributed by atoms with Crippen LogP contribution in [0.5, 0.6) is 0 Å². The van der Waals surface area contributed by atoms with E-state index in [9.17, 15) is 9.59 Å². The highest BCUT2D eigenvalue weighted by Crippen LogP contribution is 2.17. The lowest BCUT2D eigenvalue weighted by Gasteiger charge is -2.26. The Kier molecular flexibility index (Phi) is 5.75. The number of benzene rings is 1. The number of piperidine rings is 1. The smallest absolute Gasteiger partial charge is 0.224 e. The number of nitrogens with two attached hydrogens (primary N) is 1. The van der Waals surface area contributed by atoms with Crippen molar-refractivity contribution in [3.63, 3.8) is 0 Å². The van der Waals surface area contributed by atoms with Gasteiger partial charge in [-0.2, -0.15) is 0 Å². The third kappa shape index (κ3) is 4.86. The highest BCUT2D eigenvalue weighted by atomic mass is 16.2. The number of rotatable bonds is 6. The van der Waals surface area contributed by atoms with Crippen LogP contribution in [0.1, 0.15) is 37.7 Å². The molecule has 1 heterocycles. The van der Waals surface area contributed by atoms with Crippen molar-refractivity contribution < 1.29 is 9.59 Å². The first-order chi connectivity index (χ1) is 10.2. The van der Waals surface area contributed by atoms with Crippen LogP contribution in [0.4, 0.5) is 5.69 Å². The van der Waals surface area contributed by atoms with Crippen LogP contribution >= 0.6 is 0 Å². The summed E-state index contributed by atoms with van der Waals surface area (Å²) in [6.07, 6.45) is 3.84. The van der Waals surface area contributed by atoms with Crippen LogP contribution in [0, 0.1) is 0 Å². The number of nitrogens with one attached hydrogen (secondary N) is 1. The fraction of sp³-hybridized carbons (Fsp3) is 0.500. The lowest BCUT2D eigenvalue weighted by Crippen LogP contribution is -2.34. The second-order valence-electron chi connectivity index (χ2n) is 5.41. The Hall–Kier alpha value is -1.88. The molecule has 5 nitrogen and oxygen atoms in total. The fourth-order valence-corrected chi connectivity index (χ4v) is 2.48. The van der Waals surface area contributed by atoms with Gasteiger partial charge in [-0.25, -0.2) is 0 Å². The van der Waals surface area contributed by atoms with Crippen molar-refractivity contribution in [1.82, 2.24) is 4.90 Å². The molecule has 0 saturated carbocycles. The third-order valence-electron chi connectivity index (χ3n) is 3.61. The highest BCUT2D eigenvalue weighted by Gasteiger charge is 2.17. The minimum absolute atomic E-state index is 0.0216. The van der Waals surface area contributed by atoms with Crippen molar-refractivity contribution in [1.29, 1.82) is 0 Å². The molecule has 1 saturated heterocycles. The average molecular weight is 289 g/mol. The Morgan fingerprint density at radius 3 is 2.95 bits per heavy atom. The van der Waals surface area contributed by atoms with Crippen molar-refractivity contribution in [2.45, 2.75) is 38.6 Å². The molecule has 5 heteroatoms. The molecule has 0 aromatic heterocycles. The topological polar surface area (TPSA) is 75.4 Å². The summed E-state index contributed by atoms with van der Waals surface area (Å²) in [6, 6.07) is 7.68. The van der Waals surface area contributed by atoms with E-state index in [1.54, 1.807) is 0 Å². The van der Waals surface area contributed by atoms with Gasteiger partial charge >= 0.3 is 0 Å². The van der Waals surface area contributed by atoms with Crippen LogP contribution in [0.2, 0.25) is 0 Å². The first kappa shape index (κ1) is 15.5. The fourth-order valence-electron chi connectivity index (χ4n) is 2.48. The maximum Gasteiger partial charge on any atom is 0.224 e. The molecule has 0 aliphatic carbocycles. The molecule has 1 aliphatic heterocycles. The van der Waals surface area contributed by atoms with E-state index in [4.69, 9.17) is 5.73 Å². The van der Waals surface area contributed by atoms with E-state index < -0.39 is 0 Å². The van der Waals surface area contributed by atoms with Gasteiger partial charge in [0.1, 0.15) is 0 Å². The number of amides is 2. The summed E-state index contributed by atoms with van der Waals surface area (Å²) in [6.45, 7) is 1.96. The molecule has 114 valence electrons. The minimum atomic E-state index is -0.0216. The molecule has 3 N–H and O–H groups in total. The van der Waals surface area contributed by atoms with Gasteiger partial charge in [-0.15, -0.1) is 0 Å². The van der Waals surface area contributed by atoms with E-state index >= 15 is 0 Å². The van der Waals surface area contributed by atoms with Gasteiger partial charge in [-0.05, 0) is 43.5 Å². The summed E-state index contributed by atoms with van der Waals surface area (Å²) < 4.78 is 0. The molecule has 2 amide bonds. The first-order valence-electron chi connectivity index (χ1n) is 7.55. The van der Waals surface area contributed by atoms with Crippen LogP contribution in [-0.2, 0) is 16.1 Å². The summed E-state index contributed by atoms with van der Waals surface area (Å²) in [7, 11) is 0. The van der Waals surface area contributed by atoms with Gasteiger partial charge in [-0.1, -0.05) is 12.1 Å². The van der Waals surface area contributed by atoms with Crippen LogP contribution in [0.3, 0.4) is 0 Å². The predicted octanol–water partition coefficient (Wildman–Crippen LogP) is 1.88. The average Bonchev–Trinajstić information content (AvgIpc) is 2.48. The zero-order chi connectivity index (χ0) is 15.1. The predicted molar refractivity (Wildman–Crippen MR) is 82.6 cm³/mol. The largest absolute Gasteiger partial charge is 0.338 e. The van der Waals surface area contributed by atoms with Crippen molar-refractivity contribution in [3.8, 4) is 0 Å². The lowest BCUT2D eigenvalue weighted by atomic mass is 10.1. The quantitative estimate of drug-likeness (QED) is 0.839. The number of nitrogens with zero attached hydrogens (tertiary/aromatic N) is 1. The van der Waals surface area contributed by atoms with Gasteiger partial charge < -0.3 is 16.0 Å². The molecule has 0 radical (unpaired) electrons. The van der Waals surface area contributed by atoms with E-state index in [2.05, 4.69) is 5.32 Å². The summed E-state index contributed by atoms with van der Waals surface area (Å²) >= 11 is 0. The maximum absolute atomic E-state index is 11.8. The molecule has 0 unspecified atom stereocenters. The number of carbonyl (C=O) groups is 2. The molecule has 1 aromatic carbocycles. The van der Waals surface area contributed by atoms with E-state index in [0.29, 0.717) is 32.4 Å². The minimum Gasteiger partial charge on any atom is -0.338 e. The second-order valence-corrected chi connectivity index (χ2v) is 5.41. The molecule has 1 aliphatic rings. The van der Waals surface area contributed by atoms with Crippen molar-refractivity contribution >= 4 is 17.5 Å². The number of likely N-dealkylation sites (tertiary alicyclic amines) is 1. The number of anilines is 1. The van der Waals surface area contributed by atoms with Gasteiger partial charge in [-0.3, -0.25) is 9.59 Å². The van der Waals surface area contributed by atoms with Gasteiger partial charge in [0, 0.05) is 31.6 Å². The van der Waals surface area contributed by atoms with E-state index in [1.165, 1.54) is 0 Å². The first-order valence-corrected chi connectivity index (χ1v) is 7.55. The monoisotopic (exact) mass is 289 g/mol. The number of carbonyl (C=O) groups excluding carboxylic acids is 2. The summed E-state index contributed by atoms with van der Waals surface area (Å²) in [5, 5.41) is 2.87. The number of hydrogen-bond acceptors (Lipinski definition) is 3. The summed E-state index contributed by atoms with van der Waals surface area (Å²) in [5.41, 5.74) is 7.21. The van der Waals surface area contributed by atoms with Crippen LogP contribution in [-0.4, -0.2) is 29.8 Å². The van der Waals surface area contributed by atoms with E-state index in [0.717, 1.165) is 30.6 Å². The Bertz CT molecular complexity index is 502. The molecule has 2 rings (SSSR count). The number of hydrogen-bond donors (Lipinski definition) is 2. The van der Waals surface area contributed by atoms with Gasteiger partial charge in [0.15, 0.2) is 0 Å². The highest BCUT2D eigenvalue weighted by molar-refractivity contribution is 5.90. The zero-order valence-corrected chi connectivity index (χ0v) is 12.3. The summed E-state index contributed by atoms with van der Waals surface area (Å²) in [4.78, 5) is 25.4. The van der Waals surface area contributed by atoms with Crippen LogP contribution in [0.15, 0.2) is 24.3 Å². The Labute approximate surface area is 125 Å². The van der Waals surface area contributed by atoms with Crippen LogP contribution in [0.25, 0.3) is 0 Å². The van der Waals surface area contributed by atoms with E-state index in [1.807, 2.05) is 29.2 Å². The van der Waals surface area contributed by atoms with Gasteiger partial charge in [0.05, 0.1) is 0 Å². The SMILES string of the molecule is NCCCC(=O)Nc1cccc(CN2CCCCC2=O)c1. The Morgan fingerprint density at radius 2 is 2.19 bits per heavy atom. The Balaban J connectivity index is 1.94. The second kappa shape index (κ2) is 7.78. The molecular weight excluding hydrogens is 266 g/mol. The van der Waals surface area contributed by atoms with Crippen molar-refractivity contribution in [2.24, 2.45) is 5.73 Å². The van der Waals surface area contributed by atoms with Crippen molar-refractivity contribution in [2.75, 3.05) is 18.4 Å². The Morgan fingerprint density at radius 1 is 1.33 bits per heavy atom. The maximum atomic E-state index is 11.8. The molecule has 0 spiro atoms. The molecule has 1 fully saturated rings. The standard InChI is InChI=1S/C16H23N3O2/c17-9-4-7-15(20)18-14-6-3-5-13(11-14)12-19-10-2-1-8-16(19)21/h3,5-6,11H,1-2,4,7-10,12,17H2,(H,18,20). The van der Waals surface area contributed by atoms with Gasteiger partial charge in [0.2, 0.25) is 11.8 Å². The third-order valence-corrected chi connectivity index (χ3v) is 3.61. The van der Waals surface area contributed by atoms with Gasteiger partial charge in [0.25, 0.3) is 0 Å². The van der Waals surface area contributed by atoms with Crippen molar-refractivity contribution in [3.05, 3.63) is 29.8 Å². The molecule has 21 heavy (non-hydrogen) atoms. The summed E-state index contributed by atoms with van der Waals surface area (Å²) in [5.74, 6) is 0.199. The molecular formula is C16H23N3O2.